The quantitative estimate of drug-likeness (QED) is 0.497. The summed E-state index contributed by atoms with van der Waals surface area (Å²) in [5.41, 5.74) is 1.70. The molecule has 0 saturated carbocycles. The highest BCUT2D eigenvalue weighted by Gasteiger charge is 2.23. The van der Waals surface area contributed by atoms with Crippen molar-refractivity contribution in [3.63, 3.8) is 0 Å². The van der Waals surface area contributed by atoms with E-state index >= 15 is 0 Å². The zero-order valence-corrected chi connectivity index (χ0v) is 19.1. The summed E-state index contributed by atoms with van der Waals surface area (Å²) in [5, 5.41) is 5.35. The van der Waals surface area contributed by atoms with Crippen LogP contribution < -0.4 is 19.7 Å². The zero-order chi connectivity index (χ0) is 23.8. The highest BCUT2D eigenvalue weighted by atomic mass is 32.2. The van der Waals surface area contributed by atoms with Gasteiger partial charge >= 0.3 is 0 Å². The molecule has 2 amide bonds. The van der Waals surface area contributed by atoms with Crippen molar-refractivity contribution in [2.75, 3.05) is 28.1 Å². The predicted molar refractivity (Wildman–Crippen MR) is 128 cm³/mol. The highest BCUT2D eigenvalue weighted by Crippen LogP contribution is 2.25. The highest BCUT2D eigenvalue weighted by molar-refractivity contribution is 7.92. The molecule has 33 heavy (non-hydrogen) atoms. The van der Waals surface area contributed by atoms with Crippen LogP contribution in [0.1, 0.15) is 13.8 Å². The summed E-state index contributed by atoms with van der Waals surface area (Å²) in [6.07, 6.45) is 0. The van der Waals surface area contributed by atoms with Gasteiger partial charge in [0, 0.05) is 24.8 Å². The van der Waals surface area contributed by atoms with Gasteiger partial charge in [0.2, 0.25) is 5.91 Å². The Morgan fingerprint density at radius 2 is 1.42 bits per heavy atom. The molecule has 0 fully saturated rings. The average Bonchev–Trinajstić information content (AvgIpc) is 2.80. The Labute approximate surface area is 193 Å². The monoisotopic (exact) mass is 467 g/mol. The minimum absolute atomic E-state index is 0.175. The molecule has 0 aliphatic carbocycles. The van der Waals surface area contributed by atoms with Gasteiger partial charge in [-0.05, 0) is 67.6 Å². The van der Waals surface area contributed by atoms with Gasteiger partial charge in [0.1, 0.15) is 5.75 Å². The van der Waals surface area contributed by atoms with Crippen LogP contribution in [0.15, 0.2) is 83.8 Å². The van der Waals surface area contributed by atoms with E-state index in [0.717, 1.165) is 0 Å². The first-order valence-electron chi connectivity index (χ1n) is 10.3. The number of hydrogen-bond acceptors (Lipinski definition) is 5. The first kappa shape index (κ1) is 23.8. The van der Waals surface area contributed by atoms with Gasteiger partial charge in [0.15, 0.2) is 6.61 Å². The number of sulfonamides is 1. The number of nitrogens with zero attached hydrogens (tertiary/aromatic N) is 1. The fourth-order valence-electron chi connectivity index (χ4n) is 3.11. The summed E-state index contributed by atoms with van der Waals surface area (Å²) < 4.78 is 32.7. The van der Waals surface area contributed by atoms with Crippen LogP contribution in [0.25, 0.3) is 0 Å². The van der Waals surface area contributed by atoms with Gasteiger partial charge in [-0.15, -0.1) is 0 Å². The number of ether oxygens (including phenoxy) is 1. The molecule has 0 unspecified atom stereocenters. The fraction of sp³-hybridized carbons (Fsp3) is 0.167. The Hall–Kier alpha value is -3.85. The van der Waals surface area contributed by atoms with Crippen LogP contribution in [0.5, 0.6) is 5.75 Å². The van der Waals surface area contributed by atoms with Crippen molar-refractivity contribution >= 4 is 38.9 Å². The summed E-state index contributed by atoms with van der Waals surface area (Å²) in [6, 6.07) is 21.5. The number of rotatable bonds is 9. The minimum atomic E-state index is -3.68. The minimum Gasteiger partial charge on any atom is -0.484 e. The summed E-state index contributed by atoms with van der Waals surface area (Å²) in [5.74, 6) is -0.0952. The van der Waals surface area contributed by atoms with E-state index in [1.54, 1.807) is 85.8 Å². The molecular formula is C24H25N3O5S. The van der Waals surface area contributed by atoms with Crippen LogP contribution in [-0.2, 0) is 19.6 Å². The van der Waals surface area contributed by atoms with Gasteiger partial charge in [-0.2, -0.15) is 0 Å². The molecule has 2 N–H and O–H groups in total. The van der Waals surface area contributed by atoms with E-state index in [9.17, 15) is 18.0 Å². The molecular weight excluding hydrogens is 442 g/mol. The molecule has 0 bridgehead atoms. The number of nitrogens with one attached hydrogen (secondary N) is 2. The lowest BCUT2D eigenvalue weighted by Crippen LogP contribution is -2.30. The Bertz CT molecular complexity index is 1200. The Morgan fingerprint density at radius 3 is 1.97 bits per heavy atom. The molecule has 0 atom stereocenters. The molecule has 3 aromatic rings. The number of carbonyl (C=O) groups excluding carboxylic acids is 2. The van der Waals surface area contributed by atoms with Gasteiger partial charge in [-0.25, -0.2) is 8.42 Å². The molecule has 3 aromatic carbocycles. The van der Waals surface area contributed by atoms with Gasteiger partial charge in [-0.1, -0.05) is 18.2 Å². The number of carbonyl (C=O) groups is 2. The lowest BCUT2D eigenvalue weighted by Gasteiger charge is -2.23. The molecule has 0 aliphatic rings. The number of benzene rings is 3. The van der Waals surface area contributed by atoms with Gasteiger partial charge in [-0.3, -0.25) is 13.9 Å². The number of hydrogen-bond donors (Lipinski definition) is 2. The molecule has 0 heterocycles. The van der Waals surface area contributed by atoms with Crippen molar-refractivity contribution in [3.8, 4) is 5.75 Å². The van der Waals surface area contributed by atoms with Crippen LogP contribution in [0.3, 0.4) is 0 Å². The average molecular weight is 468 g/mol. The van der Waals surface area contributed by atoms with E-state index in [1.807, 2.05) is 0 Å². The summed E-state index contributed by atoms with van der Waals surface area (Å²) in [6.45, 7) is 3.23. The molecule has 0 saturated heterocycles. The summed E-state index contributed by atoms with van der Waals surface area (Å²) >= 11 is 0. The van der Waals surface area contributed by atoms with Crippen LogP contribution in [0, 0.1) is 0 Å². The zero-order valence-electron chi connectivity index (χ0n) is 18.3. The molecule has 0 spiro atoms. The van der Waals surface area contributed by atoms with Crippen LogP contribution in [0.2, 0.25) is 0 Å². The molecule has 3 rings (SSSR count). The maximum atomic E-state index is 12.9. The lowest BCUT2D eigenvalue weighted by molar-refractivity contribution is -0.118. The largest absolute Gasteiger partial charge is 0.484 e. The van der Waals surface area contributed by atoms with Crippen LogP contribution in [-0.4, -0.2) is 33.4 Å². The lowest BCUT2D eigenvalue weighted by atomic mass is 10.2. The standard InChI is InChI=1S/C24H25N3O5S/c1-3-27(33(30,31)23-7-5-4-6-8-23)21-13-15-22(16-14-21)32-17-24(29)26-20-11-9-19(10-12-20)25-18(2)28/h4-16H,3,17H2,1-2H3,(H,25,28)(H,26,29). The van der Waals surface area contributed by atoms with Crippen molar-refractivity contribution in [1.29, 1.82) is 0 Å². The second-order valence-corrected chi connectivity index (χ2v) is 8.93. The topological polar surface area (TPSA) is 105 Å². The Balaban J connectivity index is 1.59. The molecule has 172 valence electrons. The van der Waals surface area contributed by atoms with Gasteiger partial charge in [0.05, 0.1) is 10.6 Å². The van der Waals surface area contributed by atoms with Crippen LogP contribution in [0.4, 0.5) is 17.1 Å². The molecule has 0 aromatic heterocycles. The maximum absolute atomic E-state index is 12.9. The molecule has 9 heteroatoms. The third-order valence-electron chi connectivity index (χ3n) is 4.60. The van der Waals surface area contributed by atoms with Gasteiger partial charge in [0.25, 0.3) is 15.9 Å². The Kier molecular flexibility index (Phi) is 7.68. The first-order valence-corrected chi connectivity index (χ1v) is 11.7. The van der Waals surface area contributed by atoms with Gasteiger partial charge < -0.3 is 15.4 Å². The van der Waals surface area contributed by atoms with Crippen molar-refractivity contribution in [3.05, 3.63) is 78.9 Å². The molecule has 8 nitrogen and oxygen atoms in total. The second-order valence-electron chi connectivity index (χ2n) is 7.07. The van der Waals surface area contributed by atoms with Crippen molar-refractivity contribution in [2.24, 2.45) is 0 Å². The van der Waals surface area contributed by atoms with E-state index in [4.69, 9.17) is 4.74 Å². The van der Waals surface area contributed by atoms with E-state index in [0.29, 0.717) is 22.8 Å². The first-order chi connectivity index (χ1) is 15.8. The maximum Gasteiger partial charge on any atom is 0.264 e. The number of anilines is 3. The van der Waals surface area contributed by atoms with E-state index in [2.05, 4.69) is 10.6 Å². The molecule has 0 aliphatic heterocycles. The van der Waals surface area contributed by atoms with E-state index < -0.39 is 10.0 Å². The van der Waals surface area contributed by atoms with Crippen molar-refractivity contribution < 1.29 is 22.7 Å². The second kappa shape index (κ2) is 10.6. The normalized spacial score (nSPS) is 10.8. The SMILES string of the molecule is CCN(c1ccc(OCC(=O)Nc2ccc(NC(C)=O)cc2)cc1)S(=O)(=O)c1ccccc1. The van der Waals surface area contributed by atoms with E-state index in [1.165, 1.54) is 11.2 Å². The van der Waals surface area contributed by atoms with Crippen LogP contribution >= 0.6 is 0 Å². The van der Waals surface area contributed by atoms with E-state index in [-0.39, 0.29) is 29.9 Å². The third-order valence-corrected chi connectivity index (χ3v) is 6.52. The Morgan fingerprint density at radius 1 is 0.848 bits per heavy atom. The fourth-order valence-corrected chi connectivity index (χ4v) is 4.60. The van der Waals surface area contributed by atoms with Crippen molar-refractivity contribution in [2.45, 2.75) is 18.7 Å². The smallest absolute Gasteiger partial charge is 0.264 e. The predicted octanol–water partition coefficient (Wildman–Crippen LogP) is 3.88. The third kappa shape index (κ3) is 6.33. The number of amides is 2. The summed E-state index contributed by atoms with van der Waals surface area (Å²) in [7, 11) is -3.68. The summed E-state index contributed by atoms with van der Waals surface area (Å²) in [4.78, 5) is 23.4. The van der Waals surface area contributed by atoms with Crippen molar-refractivity contribution in [1.82, 2.24) is 0 Å². The molecule has 0 radical (unpaired) electrons.